The summed E-state index contributed by atoms with van der Waals surface area (Å²) in [5.41, 5.74) is 0.909. The zero-order valence-corrected chi connectivity index (χ0v) is 10.6. The molecule has 1 atom stereocenters. The highest BCUT2D eigenvalue weighted by atomic mass is 16.5. The third-order valence-electron chi connectivity index (χ3n) is 2.58. The molecule has 5 nitrogen and oxygen atoms in total. The van der Waals surface area contributed by atoms with E-state index in [0.29, 0.717) is 19.8 Å². The number of nitrogens with one attached hydrogen (secondary N) is 1. The van der Waals surface area contributed by atoms with Crippen molar-refractivity contribution in [1.82, 2.24) is 10.3 Å². The molecule has 5 heteroatoms. The normalized spacial score (nSPS) is 12.1. The van der Waals surface area contributed by atoms with Crippen LogP contribution in [0.1, 0.15) is 24.8 Å². The lowest BCUT2D eigenvalue weighted by atomic mass is 10.0. The summed E-state index contributed by atoms with van der Waals surface area (Å²) in [7, 11) is 0. The Kier molecular flexibility index (Phi) is 6.98. The SMILES string of the molecule is CC(C(=O)NCCCOCCO)c1cccnc1. The Hall–Kier alpha value is -1.46. The Morgan fingerprint density at radius 3 is 3.06 bits per heavy atom. The van der Waals surface area contributed by atoms with E-state index in [1.165, 1.54) is 0 Å². The fourth-order valence-electron chi connectivity index (χ4n) is 1.49. The minimum absolute atomic E-state index is 0.00911. The first kappa shape index (κ1) is 14.6. The van der Waals surface area contributed by atoms with Crippen molar-refractivity contribution in [3.63, 3.8) is 0 Å². The maximum Gasteiger partial charge on any atom is 0.227 e. The Balaban J connectivity index is 2.20. The van der Waals surface area contributed by atoms with Crippen LogP contribution in [0.5, 0.6) is 0 Å². The first-order valence-electron chi connectivity index (χ1n) is 6.12. The van der Waals surface area contributed by atoms with Crippen LogP contribution in [0.25, 0.3) is 0 Å². The molecule has 0 aliphatic carbocycles. The van der Waals surface area contributed by atoms with Crippen molar-refractivity contribution in [2.75, 3.05) is 26.4 Å². The summed E-state index contributed by atoms with van der Waals surface area (Å²) in [5.74, 6) is -0.206. The number of ether oxygens (including phenoxy) is 1. The van der Waals surface area contributed by atoms with Crippen LogP contribution in [0.2, 0.25) is 0 Å². The van der Waals surface area contributed by atoms with Crippen LogP contribution in [-0.4, -0.2) is 42.4 Å². The van der Waals surface area contributed by atoms with Gasteiger partial charge in [-0.05, 0) is 25.0 Å². The van der Waals surface area contributed by atoms with Crippen LogP contribution < -0.4 is 5.32 Å². The second-order valence-corrected chi connectivity index (χ2v) is 3.99. The second-order valence-electron chi connectivity index (χ2n) is 3.99. The molecule has 1 aromatic rings. The molecule has 0 aliphatic rings. The van der Waals surface area contributed by atoms with Crippen molar-refractivity contribution >= 4 is 5.91 Å². The van der Waals surface area contributed by atoms with E-state index in [4.69, 9.17) is 9.84 Å². The third kappa shape index (κ3) is 5.25. The van der Waals surface area contributed by atoms with Gasteiger partial charge in [-0.2, -0.15) is 0 Å². The molecule has 100 valence electrons. The third-order valence-corrected chi connectivity index (χ3v) is 2.58. The molecule has 1 amide bonds. The molecule has 0 spiro atoms. The number of rotatable bonds is 8. The van der Waals surface area contributed by atoms with Gasteiger partial charge in [0, 0.05) is 25.5 Å². The molecule has 0 bridgehead atoms. The predicted octanol–water partition coefficient (Wildman–Crippen LogP) is 0.700. The highest BCUT2D eigenvalue weighted by Crippen LogP contribution is 2.12. The van der Waals surface area contributed by atoms with Gasteiger partial charge in [0.1, 0.15) is 0 Å². The average Bonchev–Trinajstić information content (AvgIpc) is 2.42. The molecule has 1 rings (SSSR count). The molecule has 0 saturated carbocycles. The van der Waals surface area contributed by atoms with Gasteiger partial charge in [0.25, 0.3) is 0 Å². The van der Waals surface area contributed by atoms with Crippen molar-refractivity contribution in [2.24, 2.45) is 0 Å². The summed E-state index contributed by atoms with van der Waals surface area (Å²) >= 11 is 0. The molecule has 1 heterocycles. The predicted molar refractivity (Wildman–Crippen MR) is 68.2 cm³/mol. The van der Waals surface area contributed by atoms with E-state index >= 15 is 0 Å². The van der Waals surface area contributed by atoms with E-state index in [1.807, 2.05) is 19.1 Å². The minimum Gasteiger partial charge on any atom is -0.394 e. The van der Waals surface area contributed by atoms with E-state index in [2.05, 4.69) is 10.3 Å². The van der Waals surface area contributed by atoms with Gasteiger partial charge in [-0.15, -0.1) is 0 Å². The number of carbonyl (C=O) groups is 1. The summed E-state index contributed by atoms with van der Waals surface area (Å²) in [6.45, 7) is 3.36. The van der Waals surface area contributed by atoms with Gasteiger partial charge in [0.15, 0.2) is 0 Å². The molecule has 0 aromatic carbocycles. The zero-order valence-electron chi connectivity index (χ0n) is 10.6. The van der Waals surface area contributed by atoms with E-state index in [-0.39, 0.29) is 18.4 Å². The number of aromatic nitrogens is 1. The van der Waals surface area contributed by atoms with Crippen molar-refractivity contribution in [3.8, 4) is 0 Å². The number of amides is 1. The first-order valence-corrected chi connectivity index (χ1v) is 6.12. The topological polar surface area (TPSA) is 71.5 Å². The molecular weight excluding hydrogens is 232 g/mol. The number of hydrogen-bond acceptors (Lipinski definition) is 4. The standard InChI is InChI=1S/C13H20N2O3/c1-11(12-4-2-5-14-10-12)13(17)15-6-3-8-18-9-7-16/h2,4-5,10-11,16H,3,6-9H2,1H3,(H,15,17). The monoisotopic (exact) mass is 252 g/mol. The fourth-order valence-corrected chi connectivity index (χ4v) is 1.49. The number of nitrogens with zero attached hydrogens (tertiary/aromatic N) is 1. The second kappa shape index (κ2) is 8.60. The maximum absolute atomic E-state index is 11.8. The van der Waals surface area contributed by atoms with Crippen LogP contribution >= 0.6 is 0 Å². The van der Waals surface area contributed by atoms with Gasteiger partial charge in [-0.1, -0.05) is 6.07 Å². The van der Waals surface area contributed by atoms with Crippen LogP contribution in [0.4, 0.5) is 0 Å². The van der Waals surface area contributed by atoms with Crippen molar-refractivity contribution < 1.29 is 14.6 Å². The van der Waals surface area contributed by atoms with Gasteiger partial charge >= 0.3 is 0 Å². The number of pyridine rings is 1. The highest BCUT2D eigenvalue weighted by molar-refractivity contribution is 5.82. The molecule has 2 N–H and O–H groups in total. The molecule has 18 heavy (non-hydrogen) atoms. The molecule has 0 aliphatic heterocycles. The number of aliphatic hydroxyl groups is 1. The van der Waals surface area contributed by atoms with Gasteiger partial charge in [-0.3, -0.25) is 9.78 Å². The van der Waals surface area contributed by atoms with Crippen molar-refractivity contribution in [2.45, 2.75) is 19.3 Å². The van der Waals surface area contributed by atoms with Crippen LogP contribution in [0, 0.1) is 0 Å². The number of aliphatic hydroxyl groups excluding tert-OH is 1. The van der Waals surface area contributed by atoms with Gasteiger partial charge in [0.2, 0.25) is 5.91 Å². The molecule has 0 saturated heterocycles. The van der Waals surface area contributed by atoms with Gasteiger partial charge in [0.05, 0.1) is 19.1 Å². The Labute approximate surface area is 107 Å². The lowest BCUT2D eigenvalue weighted by Gasteiger charge is -2.12. The maximum atomic E-state index is 11.8. The van der Waals surface area contributed by atoms with Gasteiger partial charge < -0.3 is 15.2 Å². The Morgan fingerprint density at radius 1 is 1.56 bits per heavy atom. The smallest absolute Gasteiger partial charge is 0.227 e. The zero-order chi connectivity index (χ0) is 13.2. The van der Waals surface area contributed by atoms with Gasteiger partial charge in [-0.25, -0.2) is 0 Å². The van der Waals surface area contributed by atoms with E-state index in [0.717, 1.165) is 12.0 Å². The summed E-state index contributed by atoms with van der Waals surface area (Å²) < 4.78 is 5.10. The van der Waals surface area contributed by atoms with Crippen LogP contribution in [0.3, 0.4) is 0 Å². The molecule has 1 unspecified atom stereocenters. The summed E-state index contributed by atoms with van der Waals surface area (Å²) in [4.78, 5) is 15.8. The molecule has 1 aromatic heterocycles. The fraction of sp³-hybridized carbons (Fsp3) is 0.538. The minimum atomic E-state index is -0.197. The summed E-state index contributed by atoms with van der Waals surface area (Å²) in [6, 6.07) is 3.71. The van der Waals surface area contributed by atoms with E-state index in [9.17, 15) is 4.79 Å². The molecule has 0 fully saturated rings. The summed E-state index contributed by atoms with van der Waals surface area (Å²) in [6.07, 6.45) is 4.13. The average molecular weight is 252 g/mol. The number of hydrogen-bond donors (Lipinski definition) is 2. The Morgan fingerprint density at radius 2 is 2.39 bits per heavy atom. The van der Waals surface area contributed by atoms with E-state index < -0.39 is 0 Å². The first-order chi connectivity index (χ1) is 8.75. The summed E-state index contributed by atoms with van der Waals surface area (Å²) in [5, 5.41) is 11.4. The molecule has 0 radical (unpaired) electrons. The quantitative estimate of drug-likeness (QED) is 0.668. The largest absolute Gasteiger partial charge is 0.394 e. The van der Waals surface area contributed by atoms with E-state index in [1.54, 1.807) is 12.4 Å². The highest BCUT2D eigenvalue weighted by Gasteiger charge is 2.14. The van der Waals surface area contributed by atoms with Crippen molar-refractivity contribution in [1.29, 1.82) is 0 Å². The number of carbonyl (C=O) groups excluding carboxylic acids is 1. The molecular formula is C13H20N2O3. The Bertz CT molecular complexity index is 343. The lowest BCUT2D eigenvalue weighted by Crippen LogP contribution is -2.29. The van der Waals surface area contributed by atoms with Crippen molar-refractivity contribution in [3.05, 3.63) is 30.1 Å². The van der Waals surface area contributed by atoms with Crippen LogP contribution in [0.15, 0.2) is 24.5 Å². The van der Waals surface area contributed by atoms with Crippen LogP contribution in [-0.2, 0) is 9.53 Å². The lowest BCUT2D eigenvalue weighted by molar-refractivity contribution is -0.122.